The summed E-state index contributed by atoms with van der Waals surface area (Å²) in [6, 6.07) is 3.01. The van der Waals surface area contributed by atoms with Gasteiger partial charge >= 0.3 is 6.03 Å². The molecule has 1 atom stereocenters. The lowest BCUT2D eigenvalue weighted by Crippen LogP contribution is -2.43. The molecular weight excluding hydrogens is 278 g/mol. The van der Waals surface area contributed by atoms with Gasteiger partial charge in [0.25, 0.3) is 0 Å². The largest absolute Gasteiger partial charge is 0.466 e. The zero-order valence-corrected chi connectivity index (χ0v) is 12.2. The fourth-order valence-corrected chi connectivity index (χ4v) is 2.38. The van der Waals surface area contributed by atoms with Crippen LogP contribution in [-0.2, 0) is 12.1 Å². The van der Waals surface area contributed by atoms with Crippen molar-refractivity contribution in [2.24, 2.45) is 0 Å². The Morgan fingerprint density at radius 3 is 2.95 bits per heavy atom. The van der Waals surface area contributed by atoms with Gasteiger partial charge in [-0.1, -0.05) is 0 Å². The number of carbonyl (C=O) groups excluding carboxylic acids is 1. The van der Waals surface area contributed by atoms with Crippen LogP contribution in [0.4, 0.5) is 4.79 Å². The molecule has 0 spiro atoms. The minimum atomic E-state index is -1.23. The molecule has 7 heteroatoms. The van der Waals surface area contributed by atoms with E-state index in [4.69, 9.17) is 4.42 Å². The van der Waals surface area contributed by atoms with Crippen LogP contribution in [0.1, 0.15) is 22.6 Å². The summed E-state index contributed by atoms with van der Waals surface area (Å²) in [5.41, 5.74) is -1.23. The zero-order valence-electron chi connectivity index (χ0n) is 11.3. The number of aromatic nitrogens is 1. The summed E-state index contributed by atoms with van der Waals surface area (Å²) in [5, 5.41) is 16.5. The van der Waals surface area contributed by atoms with Crippen LogP contribution in [0.3, 0.4) is 0 Å². The lowest BCUT2D eigenvalue weighted by molar-refractivity contribution is 0.0367. The number of hydrogen-bond acceptors (Lipinski definition) is 5. The molecule has 108 valence electrons. The second kappa shape index (κ2) is 6.06. The van der Waals surface area contributed by atoms with Gasteiger partial charge < -0.3 is 20.2 Å². The standard InChI is InChI=1S/C13H17N3O3S/c1-9-14-6-10(20-9)7-15-12(17)16-8-13(2,18)11-4-3-5-19-11/h3-6,18H,7-8H2,1-2H3,(H2,15,16,17). The highest BCUT2D eigenvalue weighted by molar-refractivity contribution is 7.11. The van der Waals surface area contributed by atoms with Crippen molar-refractivity contribution in [2.75, 3.05) is 6.54 Å². The highest BCUT2D eigenvalue weighted by Gasteiger charge is 2.26. The first kappa shape index (κ1) is 14.5. The monoisotopic (exact) mass is 295 g/mol. The normalized spacial score (nSPS) is 13.8. The third-order valence-electron chi connectivity index (χ3n) is 2.74. The summed E-state index contributed by atoms with van der Waals surface area (Å²) in [6.45, 7) is 3.97. The van der Waals surface area contributed by atoms with Gasteiger partial charge in [0.2, 0.25) is 0 Å². The van der Waals surface area contributed by atoms with Gasteiger partial charge in [-0.15, -0.1) is 11.3 Å². The molecule has 6 nitrogen and oxygen atoms in total. The van der Waals surface area contributed by atoms with Crippen LogP contribution in [0.25, 0.3) is 0 Å². The highest BCUT2D eigenvalue weighted by atomic mass is 32.1. The molecule has 0 saturated heterocycles. The molecule has 2 rings (SSSR count). The molecule has 0 saturated carbocycles. The van der Waals surface area contributed by atoms with Crippen LogP contribution >= 0.6 is 11.3 Å². The lowest BCUT2D eigenvalue weighted by Gasteiger charge is -2.21. The molecule has 2 amide bonds. The van der Waals surface area contributed by atoms with E-state index in [0.717, 1.165) is 9.88 Å². The van der Waals surface area contributed by atoms with Crippen LogP contribution in [0.15, 0.2) is 29.0 Å². The average molecular weight is 295 g/mol. The van der Waals surface area contributed by atoms with E-state index in [-0.39, 0.29) is 12.6 Å². The van der Waals surface area contributed by atoms with E-state index >= 15 is 0 Å². The van der Waals surface area contributed by atoms with Crippen molar-refractivity contribution in [1.82, 2.24) is 15.6 Å². The van der Waals surface area contributed by atoms with Gasteiger partial charge in [-0.2, -0.15) is 0 Å². The molecule has 2 heterocycles. The molecule has 20 heavy (non-hydrogen) atoms. The SMILES string of the molecule is Cc1ncc(CNC(=O)NCC(C)(O)c2ccco2)s1. The summed E-state index contributed by atoms with van der Waals surface area (Å²) in [5.74, 6) is 0.413. The van der Waals surface area contributed by atoms with E-state index in [0.29, 0.717) is 12.3 Å². The number of thiazole rings is 1. The van der Waals surface area contributed by atoms with Gasteiger partial charge in [0.1, 0.15) is 11.4 Å². The Morgan fingerprint density at radius 2 is 2.35 bits per heavy atom. The van der Waals surface area contributed by atoms with Crippen molar-refractivity contribution in [3.05, 3.63) is 40.2 Å². The Morgan fingerprint density at radius 1 is 1.55 bits per heavy atom. The van der Waals surface area contributed by atoms with Gasteiger partial charge in [0.05, 0.1) is 24.4 Å². The summed E-state index contributed by atoms with van der Waals surface area (Å²) in [7, 11) is 0. The van der Waals surface area contributed by atoms with Crippen LogP contribution in [0.5, 0.6) is 0 Å². The number of amides is 2. The highest BCUT2D eigenvalue weighted by Crippen LogP contribution is 2.19. The van der Waals surface area contributed by atoms with E-state index < -0.39 is 5.60 Å². The van der Waals surface area contributed by atoms with Gasteiger partial charge in [-0.05, 0) is 26.0 Å². The number of rotatable bonds is 5. The molecule has 0 bridgehead atoms. The smallest absolute Gasteiger partial charge is 0.315 e. The molecule has 3 N–H and O–H groups in total. The van der Waals surface area contributed by atoms with Gasteiger partial charge in [0.15, 0.2) is 0 Å². The molecule has 2 aromatic rings. The van der Waals surface area contributed by atoms with Crippen LogP contribution in [0.2, 0.25) is 0 Å². The van der Waals surface area contributed by atoms with E-state index in [2.05, 4.69) is 15.6 Å². The molecule has 1 unspecified atom stereocenters. The quantitative estimate of drug-likeness (QED) is 0.784. The molecule has 0 aliphatic carbocycles. The van der Waals surface area contributed by atoms with E-state index in [1.165, 1.54) is 17.6 Å². The van der Waals surface area contributed by atoms with Crippen LogP contribution < -0.4 is 10.6 Å². The molecule has 0 aromatic carbocycles. The predicted molar refractivity (Wildman–Crippen MR) is 75.4 cm³/mol. The number of carbonyl (C=O) groups is 1. The first-order chi connectivity index (χ1) is 9.47. The Balaban J connectivity index is 1.77. The van der Waals surface area contributed by atoms with Crippen molar-refractivity contribution < 1.29 is 14.3 Å². The van der Waals surface area contributed by atoms with E-state index in [1.54, 1.807) is 25.3 Å². The summed E-state index contributed by atoms with van der Waals surface area (Å²) in [6.07, 6.45) is 3.22. The summed E-state index contributed by atoms with van der Waals surface area (Å²) < 4.78 is 5.13. The van der Waals surface area contributed by atoms with Crippen molar-refractivity contribution in [3.63, 3.8) is 0 Å². The number of furan rings is 1. The first-order valence-electron chi connectivity index (χ1n) is 6.17. The second-order valence-electron chi connectivity index (χ2n) is 4.63. The fourth-order valence-electron chi connectivity index (χ4n) is 1.64. The first-order valence-corrected chi connectivity index (χ1v) is 6.98. The number of aliphatic hydroxyl groups is 1. The van der Waals surface area contributed by atoms with Crippen molar-refractivity contribution in [3.8, 4) is 0 Å². The van der Waals surface area contributed by atoms with Crippen molar-refractivity contribution >= 4 is 17.4 Å². The van der Waals surface area contributed by atoms with Crippen molar-refractivity contribution in [1.29, 1.82) is 0 Å². The maximum atomic E-state index is 11.7. The van der Waals surface area contributed by atoms with Gasteiger partial charge in [-0.3, -0.25) is 0 Å². The topological polar surface area (TPSA) is 87.4 Å². The Labute approximate surface area is 120 Å². The fraction of sp³-hybridized carbons (Fsp3) is 0.385. The molecule has 0 radical (unpaired) electrons. The van der Waals surface area contributed by atoms with Crippen LogP contribution in [-0.4, -0.2) is 22.7 Å². The molecule has 0 fully saturated rings. The third kappa shape index (κ3) is 3.82. The summed E-state index contributed by atoms with van der Waals surface area (Å²) >= 11 is 1.53. The maximum absolute atomic E-state index is 11.7. The molecule has 0 aliphatic heterocycles. The van der Waals surface area contributed by atoms with Gasteiger partial charge in [0, 0.05) is 11.1 Å². The lowest BCUT2D eigenvalue weighted by atomic mass is 10.0. The number of nitrogens with zero attached hydrogens (tertiary/aromatic N) is 1. The number of nitrogens with one attached hydrogen (secondary N) is 2. The maximum Gasteiger partial charge on any atom is 0.315 e. The molecular formula is C13H17N3O3S. The van der Waals surface area contributed by atoms with E-state index in [1.807, 2.05) is 6.92 Å². The summed E-state index contributed by atoms with van der Waals surface area (Å²) in [4.78, 5) is 16.7. The number of hydrogen-bond donors (Lipinski definition) is 3. The number of urea groups is 1. The molecule has 2 aromatic heterocycles. The van der Waals surface area contributed by atoms with Crippen LogP contribution in [0, 0.1) is 6.92 Å². The van der Waals surface area contributed by atoms with Crippen molar-refractivity contribution in [2.45, 2.75) is 26.0 Å². The average Bonchev–Trinajstić information content (AvgIpc) is 3.05. The van der Waals surface area contributed by atoms with E-state index in [9.17, 15) is 9.90 Å². The number of aryl methyl sites for hydroxylation is 1. The van der Waals surface area contributed by atoms with Gasteiger partial charge in [-0.25, -0.2) is 9.78 Å². The minimum Gasteiger partial charge on any atom is -0.466 e. The predicted octanol–water partition coefficient (Wildman–Crippen LogP) is 1.75. The second-order valence-corrected chi connectivity index (χ2v) is 5.95. The third-order valence-corrected chi connectivity index (χ3v) is 3.65. The Hall–Kier alpha value is -1.86. The zero-order chi connectivity index (χ0) is 14.6. The minimum absolute atomic E-state index is 0.0636. The Kier molecular flexibility index (Phi) is 4.41. The molecule has 0 aliphatic rings. The Bertz CT molecular complexity index is 563.